The molecule has 0 aromatic heterocycles. The second-order valence-electron chi connectivity index (χ2n) is 6.16. The van der Waals surface area contributed by atoms with Crippen LogP contribution in [0.3, 0.4) is 0 Å². The number of halogens is 1. The number of amides is 1. The second kappa shape index (κ2) is 8.43. The van der Waals surface area contributed by atoms with E-state index in [2.05, 4.69) is 5.32 Å². The fraction of sp³-hybridized carbons (Fsp3) is 0.562. The van der Waals surface area contributed by atoms with Gasteiger partial charge in [-0.25, -0.2) is 0 Å². The maximum Gasteiger partial charge on any atom is 0.281 e. The molecule has 1 atom stereocenters. The molecule has 1 unspecified atom stereocenters. The van der Waals surface area contributed by atoms with Crippen molar-refractivity contribution in [1.29, 1.82) is 0 Å². The molecule has 1 saturated heterocycles. The van der Waals surface area contributed by atoms with Crippen LogP contribution in [0.2, 0.25) is 5.02 Å². The number of hydrogen-bond acceptors (Lipinski definition) is 5. The lowest BCUT2D eigenvalue weighted by molar-refractivity contribution is -0.120. The molecule has 1 amide bonds. The van der Waals surface area contributed by atoms with Crippen LogP contribution in [0.5, 0.6) is 11.5 Å². The second-order valence-corrected chi connectivity index (χ2v) is 8.71. The highest BCUT2D eigenvalue weighted by Gasteiger charge is 2.33. The Morgan fingerprint density at radius 1 is 1.27 bits per heavy atom. The van der Waals surface area contributed by atoms with E-state index in [4.69, 9.17) is 21.1 Å². The van der Waals surface area contributed by atoms with E-state index in [-0.39, 0.29) is 12.5 Å². The molecule has 26 heavy (non-hydrogen) atoms. The molecule has 0 radical (unpaired) electrons. The molecule has 0 bridgehead atoms. The zero-order valence-electron chi connectivity index (χ0n) is 15.3. The molecule has 146 valence electrons. The summed E-state index contributed by atoms with van der Waals surface area (Å²) in [4.78, 5) is 12.7. The molecule has 1 heterocycles. The number of ether oxygens (including phenoxy) is 2. The average Bonchev–Trinajstić information content (AvgIpc) is 2.62. The first-order valence-corrected chi connectivity index (χ1v) is 9.88. The number of nitrogens with one attached hydrogen (secondary N) is 1. The van der Waals surface area contributed by atoms with E-state index in [1.807, 2.05) is 0 Å². The smallest absolute Gasteiger partial charge is 0.281 e. The van der Waals surface area contributed by atoms with Crippen molar-refractivity contribution in [3.05, 3.63) is 17.2 Å². The van der Waals surface area contributed by atoms with E-state index in [9.17, 15) is 13.2 Å². The molecule has 0 aliphatic carbocycles. The first-order chi connectivity index (χ1) is 12.2. The van der Waals surface area contributed by atoms with Crippen LogP contribution < -0.4 is 14.8 Å². The SMILES string of the molecule is COc1cc(NC(=O)C2CCCN(S(=O)(=O)N(C)C)C2)c(OC)cc1Cl. The van der Waals surface area contributed by atoms with Crippen LogP contribution in [0.25, 0.3) is 0 Å². The van der Waals surface area contributed by atoms with Gasteiger partial charge in [-0.15, -0.1) is 0 Å². The summed E-state index contributed by atoms with van der Waals surface area (Å²) in [6.07, 6.45) is 1.23. The highest BCUT2D eigenvalue weighted by atomic mass is 35.5. The van der Waals surface area contributed by atoms with Gasteiger partial charge in [0.15, 0.2) is 0 Å². The molecule has 0 saturated carbocycles. The minimum Gasteiger partial charge on any atom is -0.495 e. The van der Waals surface area contributed by atoms with Gasteiger partial charge in [-0.1, -0.05) is 11.6 Å². The van der Waals surface area contributed by atoms with Crippen molar-refractivity contribution in [3.63, 3.8) is 0 Å². The van der Waals surface area contributed by atoms with Crippen molar-refractivity contribution in [1.82, 2.24) is 8.61 Å². The third-order valence-corrected chi connectivity index (χ3v) is 6.48. The summed E-state index contributed by atoms with van der Waals surface area (Å²) in [5.74, 6) is 0.0807. The van der Waals surface area contributed by atoms with Crippen LogP contribution in [0, 0.1) is 5.92 Å². The number of nitrogens with zero attached hydrogens (tertiary/aromatic N) is 2. The standard InChI is InChI=1S/C16H24ClN3O5S/c1-19(2)26(22,23)20-7-5-6-11(10-20)16(21)18-13-9-14(24-3)12(17)8-15(13)25-4/h8-9,11H,5-7,10H2,1-4H3,(H,18,21). The predicted molar refractivity (Wildman–Crippen MR) is 100 cm³/mol. The van der Waals surface area contributed by atoms with Crippen molar-refractivity contribution in [3.8, 4) is 11.5 Å². The molecule has 10 heteroatoms. The molecule has 1 aromatic rings. The Bertz CT molecular complexity index is 769. The summed E-state index contributed by atoms with van der Waals surface area (Å²) < 4.78 is 37.5. The zero-order valence-corrected chi connectivity index (χ0v) is 16.9. The lowest BCUT2D eigenvalue weighted by atomic mass is 9.98. The molecular formula is C16H24ClN3O5S. The van der Waals surface area contributed by atoms with Crippen LogP contribution in [0.4, 0.5) is 5.69 Å². The number of benzene rings is 1. The Hall–Kier alpha value is -1.55. The van der Waals surface area contributed by atoms with Crippen LogP contribution in [0.1, 0.15) is 12.8 Å². The Balaban J connectivity index is 2.17. The number of hydrogen-bond donors (Lipinski definition) is 1. The fourth-order valence-electron chi connectivity index (χ4n) is 2.79. The first kappa shape index (κ1) is 20.8. The number of anilines is 1. The lowest BCUT2D eigenvalue weighted by Gasteiger charge is -2.32. The first-order valence-electron chi connectivity index (χ1n) is 8.10. The zero-order chi connectivity index (χ0) is 19.5. The van der Waals surface area contributed by atoms with E-state index in [0.717, 1.165) is 4.31 Å². The van der Waals surface area contributed by atoms with Crippen molar-refractivity contribution in [2.45, 2.75) is 12.8 Å². The van der Waals surface area contributed by atoms with E-state index in [1.54, 1.807) is 12.1 Å². The van der Waals surface area contributed by atoms with Crippen LogP contribution in [-0.4, -0.2) is 64.3 Å². The summed E-state index contributed by atoms with van der Waals surface area (Å²) in [6.45, 7) is 0.543. The van der Waals surface area contributed by atoms with Gasteiger partial charge in [0.25, 0.3) is 10.2 Å². The van der Waals surface area contributed by atoms with Gasteiger partial charge in [0.1, 0.15) is 11.5 Å². The molecule has 1 aliphatic rings. The minimum atomic E-state index is -3.54. The summed E-state index contributed by atoms with van der Waals surface area (Å²) in [6, 6.07) is 3.13. The monoisotopic (exact) mass is 405 g/mol. The average molecular weight is 406 g/mol. The highest BCUT2D eigenvalue weighted by molar-refractivity contribution is 7.86. The largest absolute Gasteiger partial charge is 0.495 e. The maximum absolute atomic E-state index is 12.7. The molecule has 8 nitrogen and oxygen atoms in total. The van der Waals surface area contributed by atoms with Gasteiger partial charge in [0.2, 0.25) is 5.91 Å². The number of methoxy groups -OCH3 is 2. The van der Waals surface area contributed by atoms with Gasteiger partial charge in [0, 0.05) is 39.3 Å². The highest BCUT2D eigenvalue weighted by Crippen LogP contribution is 2.36. The number of piperidine rings is 1. The van der Waals surface area contributed by atoms with Gasteiger partial charge in [0.05, 0.1) is 30.8 Å². The van der Waals surface area contributed by atoms with E-state index >= 15 is 0 Å². The van der Waals surface area contributed by atoms with Gasteiger partial charge >= 0.3 is 0 Å². The molecule has 1 aliphatic heterocycles. The molecular weight excluding hydrogens is 382 g/mol. The lowest BCUT2D eigenvalue weighted by Crippen LogP contribution is -2.47. The Morgan fingerprint density at radius 3 is 2.50 bits per heavy atom. The molecule has 2 rings (SSSR count). The van der Waals surface area contributed by atoms with E-state index < -0.39 is 16.1 Å². The van der Waals surface area contributed by atoms with Crippen LogP contribution >= 0.6 is 11.6 Å². The normalized spacial score (nSPS) is 18.6. The minimum absolute atomic E-state index is 0.138. The Morgan fingerprint density at radius 2 is 1.92 bits per heavy atom. The summed E-state index contributed by atoms with van der Waals surface area (Å²) >= 11 is 6.07. The number of carbonyl (C=O) groups excluding carboxylic acids is 1. The topological polar surface area (TPSA) is 88.2 Å². The summed E-state index contributed by atoms with van der Waals surface area (Å²) in [5, 5.41) is 3.16. The number of carbonyl (C=O) groups is 1. The van der Waals surface area contributed by atoms with Gasteiger partial charge in [-0.2, -0.15) is 17.0 Å². The van der Waals surface area contributed by atoms with Crippen LogP contribution in [0.15, 0.2) is 12.1 Å². The third-order valence-electron chi connectivity index (χ3n) is 4.27. The third kappa shape index (κ3) is 4.40. The summed E-state index contributed by atoms with van der Waals surface area (Å²) in [5.41, 5.74) is 0.423. The van der Waals surface area contributed by atoms with Crippen molar-refractivity contribution in [2.24, 2.45) is 5.92 Å². The van der Waals surface area contributed by atoms with Gasteiger partial charge < -0.3 is 14.8 Å². The van der Waals surface area contributed by atoms with Gasteiger partial charge in [-0.3, -0.25) is 4.79 Å². The molecule has 1 aromatic carbocycles. The predicted octanol–water partition coefficient (Wildman–Crippen LogP) is 1.81. The molecule has 0 spiro atoms. The fourth-order valence-corrected chi connectivity index (χ4v) is 4.21. The maximum atomic E-state index is 12.7. The van der Waals surface area contributed by atoms with Crippen molar-refractivity contribution >= 4 is 33.4 Å². The summed E-state index contributed by atoms with van der Waals surface area (Å²) in [7, 11) is 2.36. The molecule has 1 N–H and O–H groups in total. The number of rotatable bonds is 6. The van der Waals surface area contributed by atoms with E-state index in [0.29, 0.717) is 41.6 Å². The van der Waals surface area contributed by atoms with E-state index in [1.165, 1.54) is 32.6 Å². The van der Waals surface area contributed by atoms with Gasteiger partial charge in [-0.05, 0) is 12.8 Å². The Kier molecular flexibility index (Phi) is 6.73. The van der Waals surface area contributed by atoms with Crippen molar-refractivity contribution < 1.29 is 22.7 Å². The van der Waals surface area contributed by atoms with Crippen molar-refractivity contribution in [2.75, 3.05) is 46.7 Å². The quantitative estimate of drug-likeness (QED) is 0.779. The Labute approximate surface area is 159 Å². The molecule has 1 fully saturated rings. The van der Waals surface area contributed by atoms with Crippen LogP contribution in [-0.2, 0) is 15.0 Å².